The minimum atomic E-state index is -1.33. The molecule has 5 atom stereocenters. The number of aliphatic hydroxyl groups excluding tert-OH is 1. The highest BCUT2D eigenvalue weighted by molar-refractivity contribution is 8.14. The zero-order valence-electron chi connectivity index (χ0n) is 9.63. The van der Waals surface area contributed by atoms with Gasteiger partial charge >= 0.3 is 0 Å². The average Bonchev–Trinajstić information content (AvgIpc) is 2.67. The number of ether oxygens (including phenoxy) is 1. The van der Waals surface area contributed by atoms with Gasteiger partial charge in [-0.15, -0.1) is 0 Å². The second-order valence-electron chi connectivity index (χ2n) is 4.30. The highest BCUT2D eigenvalue weighted by Crippen LogP contribution is 2.38. The van der Waals surface area contributed by atoms with Crippen molar-refractivity contribution in [1.82, 2.24) is 4.90 Å². The number of aliphatic imine (C=N–C) groups is 1. The number of halogens is 1. The van der Waals surface area contributed by atoms with E-state index in [0.29, 0.717) is 6.42 Å². The van der Waals surface area contributed by atoms with Gasteiger partial charge in [0.05, 0.1) is 6.10 Å². The van der Waals surface area contributed by atoms with Crippen LogP contribution >= 0.6 is 11.8 Å². The van der Waals surface area contributed by atoms with Crippen molar-refractivity contribution in [3.8, 4) is 0 Å². The minimum absolute atomic E-state index is 0.291. The lowest BCUT2D eigenvalue weighted by molar-refractivity contribution is -0.131. The third-order valence-corrected chi connectivity index (χ3v) is 4.19. The Kier molecular flexibility index (Phi) is 3.42. The van der Waals surface area contributed by atoms with Crippen LogP contribution in [-0.4, -0.2) is 59.1 Å². The number of fused-ring (bicyclic) bond motifs is 1. The molecule has 1 saturated heterocycles. The molecule has 0 aliphatic carbocycles. The highest BCUT2D eigenvalue weighted by atomic mass is 32.2. The standard InChI is InChI=1S/C10H17FN2O2S/c1-4-5-8(14)6(11)7-9(15-5)16-10(12-7)13(2)3/h5-9,14H,4H2,1-3H3/t5-,6-,7-,8-,9-/m1/s1. The number of hydrogen-bond acceptors (Lipinski definition) is 5. The van der Waals surface area contributed by atoms with E-state index < -0.39 is 24.4 Å². The van der Waals surface area contributed by atoms with Crippen LogP contribution in [-0.2, 0) is 4.74 Å². The molecule has 1 fully saturated rings. The van der Waals surface area contributed by atoms with Crippen molar-refractivity contribution in [3.05, 3.63) is 0 Å². The second kappa shape index (κ2) is 4.50. The van der Waals surface area contributed by atoms with Gasteiger partial charge in [0.1, 0.15) is 17.6 Å². The Bertz CT molecular complexity index is 301. The van der Waals surface area contributed by atoms with E-state index in [1.807, 2.05) is 25.9 Å². The van der Waals surface area contributed by atoms with Crippen LogP contribution in [0.1, 0.15) is 13.3 Å². The molecule has 16 heavy (non-hydrogen) atoms. The Morgan fingerprint density at radius 3 is 2.81 bits per heavy atom. The summed E-state index contributed by atoms with van der Waals surface area (Å²) in [5, 5.41) is 10.5. The molecule has 0 aromatic heterocycles. The third-order valence-electron chi connectivity index (χ3n) is 2.89. The molecule has 92 valence electrons. The summed E-state index contributed by atoms with van der Waals surface area (Å²) < 4.78 is 19.6. The summed E-state index contributed by atoms with van der Waals surface area (Å²) in [5.74, 6) is 0. The van der Waals surface area contributed by atoms with E-state index in [0.717, 1.165) is 5.17 Å². The summed E-state index contributed by atoms with van der Waals surface area (Å²) in [6.45, 7) is 1.88. The molecule has 4 nitrogen and oxygen atoms in total. The Balaban J connectivity index is 2.14. The second-order valence-corrected chi connectivity index (χ2v) is 5.37. The summed E-state index contributed by atoms with van der Waals surface area (Å²) in [4.78, 5) is 6.09. The SMILES string of the molecule is CC[C@H]1O[C@@H]2SC(N(C)C)=N[C@@H]2[C@@H](F)[C@@H]1O. The molecule has 0 aromatic rings. The summed E-state index contributed by atoms with van der Waals surface area (Å²) in [7, 11) is 3.73. The van der Waals surface area contributed by atoms with E-state index in [1.165, 1.54) is 11.8 Å². The molecule has 2 aliphatic heterocycles. The first kappa shape index (κ1) is 12.1. The largest absolute Gasteiger partial charge is 0.387 e. The van der Waals surface area contributed by atoms with E-state index in [1.54, 1.807) is 0 Å². The summed E-state index contributed by atoms with van der Waals surface area (Å²) in [5.41, 5.74) is -0.291. The predicted octanol–water partition coefficient (Wildman–Crippen LogP) is 0.853. The van der Waals surface area contributed by atoms with Crippen molar-refractivity contribution in [3.63, 3.8) is 0 Å². The van der Waals surface area contributed by atoms with Crippen LogP contribution in [0.15, 0.2) is 4.99 Å². The Labute approximate surface area is 98.9 Å². The lowest BCUT2D eigenvalue weighted by Gasteiger charge is -2.36. The van der Waals surface area contributed by atoms with Gasteiger partial charge in [-0.25, -0.2) is 4.39 Å². The molecule has 0 unspecified atom stereocenters. The zero-order valence-corrected chi connectivity index (χ0v) is 10.4. The van der Waals surface area contributed by atoms with E-state index in [-0.39, 0.29) is 5.44 Å². The van der Waals surface area contributed by atoms with Crippen molar-refractivity contribution < 1.29 is 14.2 Å². The number of thioether (sulfide) groups is 1. The fourth-order valence-electron chi connectivity index (χ4n) is 1.94. The maximum atomic E-state index is 13.9. The van der Waals surface area contributed by atoms with Crippen LogP contribution in [0.2, 0.25) is 0 Å². The summed E-state index contributed by atoms with van der Waals surface area (Å²) in [6, 6.07) is -0.569. The van der Waals surface area contributed by atoms with Crippen LogP contribution in [0, 0.1) is 0 Å². The van der Waals surface area contributed by atoms with Crippen LogP contribution in [0.4, 0.5) is 4.39 Å². The van der Waals surface area contributed by atoms with Crippen LogP contribution in [0.3, 0.4) is 0 Å². The molecule has 0 aromatic carbocycles. The first-order valence-corrected chi connectivity index (χ1v) is 6.32. The fraction of sp³-hybridized carbons (Fsp3) is 0.900. The number of nitrogens with zero attached hydrogens (tertiary/aromatic N) is 2. The number of aliphatic hydroxyl groups is 1. The molecule has 2 aliphatic rings. The monoisotopic (exact) mass is 248 g/mol. The zero-order chi connectivity index (χ0) is 11.9. The normalized spacial score (nSPS) is 42.8. The van der Waals surface area contributed by atoms with Gasteiger partial charge in [-0.1, -0.05) is 18.7 Å². The van der Waals surface area contributed by atoms with Gasteiger partial charge in [0, 0.05) is 14.1 Å². The first-order chi connectivity index (χ1) is 7.54. The smallest absolute Gasteiger partial charge is 0.161 e. The maximum Gasteiger partial charge on any atom is 0.161 e. The van der Waals surface area contributed by atoms with Gasteiger partial charge in [-0.3, -0.25) is 4.99 Å². The predicted molar refractivity (Wildman–Crippen MR) is 62.4 cm³/mol. The topological polar surface area (TPSA) is 45.1 Å². The number of hydrogen-bond donors (Lipinski definition) is 1. The van der Waals surface area contributed by atoms with Crippen molar-refractivity contribution >= 4 is 16.9 Å². The number of rotatable bonds is 1. The van der Waals surface area contributed by atoms with E-state index >= 15 is 0 Å². The van der Waals surface area contributed by atoms with Crippen molar-refractivity contribution in [2.45, 2.75) is 43.2 Å². The summed E-state index contributed by atoms with van der Waals surface area (Å²) >= 11 is 1.43. The van der Waals surface area contributed by atoms with Gasteiger partial charge < -0.3 is 14.7 Å². The van der Waals surface area contributed by atoms with E-state index in [2.05, 4.69) is 4.99 Å². The summed E-state index contributed by atoms with van der Waals surface area (Å²) in [6.07, 6.45) is -2.19. The van der Waals surface area contributed by atoms with Crippen LogP contribution in [0.5, 0.6) is 0 Å². The van der Waals surface area contributed by atoms with Crippen LogP contribution in [0.25, 0.3) is 0 Å². The molecule has 0 bridgehead atoms. The molecule has 2 rings (SSSR count). The van der Waals surface area contributed by atoms with Crippen molar-refractivity contribution in [2.24, 2.45) is 4.99 Å². The molecule has 2 heterocycles. The van der Waals surface area contributed by atoms with E-state index in [9.17, 15) is 9.50 Å². The number of amidine groups is 1. The lowest BCUT2D eigenvalue weighted by atomic mass is 9.98. The fourth-order valence-corrected chi connectivity index (χ4v) is 3.09. The minimum Gasteiger partial charge on any atom is -0.387 e. The van der Waals surface area contributed by atoms with Crippen molar-refractivity contribution in [2.75, 3.05) is 14.1 Å². The van der Waals surface area contributed by atoms with Gasteiger partial charge in [-0.05, 0) is 6.42 Å². The highest BCUT2D eigenvalue weighted by Gasteiger charge is 2.48. The van der Waals surface area contributed by atoms with Gasteiger partial charge in [0.2, 0.25) is 0 Å². The molecule has 1 N–H and O–H groups in total. The number of alkyl halides is 1. The Morgan fingerprint density at radius 1 is 1.56 bits per heavy atom. The Hall–Kier alpha value is -0.330. The molecular weight excluding hydrogens is 231 g/mol. The lowest BCUT2D eigenvalue weighted by Crippen LogP contribution is -2.52. The molecule has 6 heteroatoms. The first-order valence-electron chi connectivity index (χ1n) is 5.44. The molecule has 0 amide bonds. The van der Waals surface area contributed by atoms with Gasteiger partial charge in [0.15, 0.2) is 11.3 Å². The molecule has 0 radical (unpaired) electrons. The van der Waals surface area contributed by atoms with Gasteiger partial charge in [-0.2, -0.15) is 0 Å². The molecular formula is C10H17FN2O2S. The maximum absolute atomic E-state index is 13.9. The van der Waals surface area contributed by atoms with Crippen LogP contribution < -0.4 is 0 Å². The average molecular weight is 248 g/mol. The van der Waals surface area contributed by atoms with Crippen molar-refractivity contribution in [1.29, 1.82) is 0 Å². The molecule has 0 saturated carbocycles. The van der Waals surface area contributed by atoms with E-state index in [4.69, 9.17) is 4.74 Å². The van der Waals surface area contributed by atoms with Gasteiger partial charge in [0.25, 0.3) is 0 Å². The quantitative estimate of drug-likeness (QED) is 0.747. The Morgan fingerprint density at radius 2 is 2.25 bits per heavy atom. The molecule has 0 spiro atoms. The third kappa shape index (κ3) is 1.94.